The number of carbonyl (C=O) groups is 2. The van der Waals surface area contributed by atoms with Gasteiger partial charge in [-0.1, -0.05) is 12.1 Å². The number of alkyl halides is 3. The summed E-state index contributed by atoms with van der Waals surface area (Å²) < 4.78 is 44.6. The predicted octanol–water partition coefficient (Wildman–Crippen LogP) is 3.46. The largest absolute Gasteiger partial charge is 0.497 e. The first-order valence-electron chi connectivity index (χ1n) is 7.75. The van der Waals surface area contributed by atoms with Crippen LogP contribution in [0, 0.1) is 0 Å². The third-order valence-electron chi connectivity index (χ3n) is 4.03. The van der Waals surface area contributed by atoms with Gasteiger partial charge in [-0.05, 0) is 36.4 Å². The topological polar surface area (TPSA) is 58.6 Å². The molecule has 0 radical (unpaired) electrons. The second-order valence-corrected chi connectivity index (χ2v) is 5.71. The van der Waals surface area contributed by atoms with Crippen LogP contribution in [0.15, 0.2) is 48.5 Å². The number of nitrogens with one attached hydrogen (secondary N) is 1. The molecule has 2 aromatic rings. The Morgan fingerprint density at radius 2 is 1.73 bits per heavy atom. The number of ether oxygens (including phenoxy) is 1. The maximum Gasteiger partial charge on any atom is 0.418 e. The van der Waals surface area contributed by atoms with Gasteiger partial charge in [0.1, 0.15) is 11.8 Å². The average Bonchev–Trinajstić information content (AvgIpc) is 2.88. The van der Waals surface area contributed by atoms with E-state index in [1.807, 2.05) is 0 Å². The lowest BCUT2D eigenvalue weighted by Gasteiger charge is -2.20. The van der Waals surface area contributed by atoms with Crippen LogP contribution < -0.4 is 15.0 Å². The minimum Gasteiger partial charge on any atom is -0.497 e. The van der Waals surface area contributed by atoms with Crippen molar-refractivity contribution in [2.45, 2.75) is 18.6 Å². The highest BCUT2D eigenvalue weighted by atomic mass is 19.4. The summed E-state index contributed by atoms with van der Waals surface area (Å²) in [5.74, 6) is -0.787. The number of hydrogen-bond donors (Lipinski definition) is 1. The Labute approximate surface area is 147 Å². The SMILES string of the molecule is COc1ccc(N[C@H]2CC(=O)N(c3ccccc3C(F)(F)F)C2=O)cc1. The van der Waals surface area contributed by atoms with Gasteiger partial charge in [0.25, 0.3) is 5.91 Å². The quantitative estimate of drug-likeness (QED) is 0.845. The van der Waals surface area contributed by atoms with Gasteiger partial charge in [-0.3, -0.25) is 9.59 Å². The molecule has 1 aliphatic rings. The van der Waals surface area contributed by atoms with E-state index < -0.39 is 35.3 Å². The molecular weight excluding hydrogens is 349 g/mol. The molecular formula is C18H15F3N2O3. The molecule has 2 amide bonds. The summed E-state index contributed by atoms with van der Waals surface area (Å²) in [5, 5.41) is 2.88. The number of imide groups is 1. The van der Waals surface area contributed by atoms with Crippen molar-refractivity contribution in [1.82, 2.24) is 0 Å². The zero-order chi connectivity index (χ0) is 18.9. The van der Waals surface area contributed by atoms with E-state index in [-0.39, 0.29) is 6.42 Å². The van der Waals surface area contributed by atoms with Crippen molar-refractivity contribution in [3.63, 3.8) is 0 Å². The second-order valence-electron chi connectivity index (χ2n) is 5.71. The molecule has 1 saturated heterocycles. The monoisotopic (exact) mass is 364 g/mol. The standard InChI is InChI=1S/C18H15F3N2O3/c1-26-12-8-6-11(7-9-12)22-14-10-16(24)23(17(14)25)15-5-3-2-4-13(15)18(19,20)21/h2-9,14,22H,10H2,1H3/t14-/m0/s1. The van der Waals surface area contributed by atoms with Crippen LogP contribution in [0.3, 0.4) is 0 Å². The number of rotatable bonds is 4. The van der Waals surface area contributed by atoms with Crippen LogP contribution in [0.2, 0.25) is 0 Å². The Morgan fingerprint density at radius 3 is 2.35 bits per heavy atom. The lowest BCUT2D eigenvalue weighted by Crippen LogP contribution is -2.36. The molecule has 26 heavy (non-hydrogen) atoms. The Kier molecular flexibility index (Phi) is 4.58. The summed E-state index contributed by atoms with van der Waals surface area (Å²) in [6.45, 7) is 0. The van der Waals surface area contributed by atoms with Gasteiger partial charge in [-0.15, -0.1) is 0 Å². The van der Waals surface area contributed by atoms with E-state index in [0.717, 1.165) is 12.1 Å². The third-order valence-corrected chi connectivity index (χ3v) is 4.03. The van der Waals surface area contributed by atoms with Crippen LogP contribution in [-0.2, 0) is 15.8 Å². The molecule has 1 aliphatic heterocycles. The number of methoxy groups -OCH3 is 1. The first kappa shape index (κ1) is 17.8. The Bertz CT molecular complexity index is 834. The zero-order valence-corrected chi connectivity index (χ0v) is 13.7. The van der Waals surface area contributed by atoms with E-state index in [1.54, 1.807) is 24.3 Å². The number of amides is 2. The molecule has 0 saturated carbocycles. The number of benzene rings is 2. The van der Waals surface area contributed by atoms with Crippen LogP contribution in [0.5, 0.6) is 5.75 Å². The van der Waals surface area contributed by atoms with E-state index in [1.165, 1.54) is 19.2 Å². The van der Waals surface area contributed by atoms with Gasteiger partial charge in [0.2, 0.25) is 5.91 Å². The normalized spacial score (nSPS) is 17.5. The van der Waals surface area contributed by atoms with Gasteiger partial charge < -0.3 is 10.1 Å². The van der Waals surface area contributed by atoms with Crippen molar-refractivity contribution in [1.29, 1.82) is 0 Å². The lowest BCUT2D eigenvalue weighted by molar-refractivity contribution is -0.137. The Morgan fingerprint density at radius 1 is 1.08 bits per heavy atom. The number of carbonyl (C=O) groups excluding carboxylic acids is 2. The van der Waals surface area contributed by atoms with Crippen LogP contribution in [-0.4, -0.2) is 25.0 Å². The fourth-order valence-corrected chi connectivity index (χ4v) is 2.79. The van der Waals surface area contributed by atoms with Crippen LogP contribution in [0.25, 0.3) is 0 Å². The predicted molar refractivity (Wildman–Crippen MR) is 89.0 cm³/mol. The smallest absolute Gasteiger partial charge is 0.418 e. The summed E-state index contributed by atoms with van der Waals surface area (Å²) in [7, 11) is 1.51. The van der Waals surface area contributed by atoms with Gasteiger partial charge in [0.05, 0.1) is 24.8 Å². The van der Waals surface area contributed by atoms with Crippen molar-refractivity contribution >= 4 is 23.2 Å². The van der Waals surface area contributed by atoms with Gasteiger partial charge in [0.15, 0.2) is 0 Å². The summed E-state index contributed by atoms with van der Waals surface area (Å²) in [5.41, 5.74) is -0.913. The van der Waals surface area contributed by atoms with Gasteiger partial charge in [-0.25, -0.2) is 4.90 Å². The summed E-state index contributed by atoms with van der Waals surface area (Å²) >= 11 is 0. The minimum absolute atomic E-state index is 0.225. The molecule has 1 N–H and O–H groups in total. The van der Waals surface area contributed by atoms with Gasteiger partial charge in [-0.2, -0.15) is 13.2 Å². The Hall–Kier alpha value is -3.03. The number of anilines is 2. The molecule has 1 atom stereocenters. The molecule has 0 unspecified atom stereocenters. The first-order chi connectivity index (χ1) is 12.3. The number of para-hydroxylation sites is 1. The Balaban J connectivity index is 1.86. The highest BCUT2D eigenvalue weighted by Crippen LogP contribution is 2.38. The van der Waals surface area contributed by atoms with E-state index in [0.29, 0.717) is 16.3 Å². The molecule has 1 heterocycles. The van der Waals surface area contributed by atoms with E-state index >= 15 is 0 Å². The van der Waals surface area contributed by atoms with Crippen molar-refractivity contribution in [3.8, 4) is 5.75 Å². The van der Waals surface area contributed by atoms with Gasteiger partial charge >= 0.3 is 6.18 Å². The second kappa shape index (κ2) is 6.70. The van der Waals surface area contributed by atoms with Crippen molar-refractivity contribution < 1.29 is 27.5 Å². The molecule has 3 rings (SSSR count). The maximum atomic E-state index is 13.2. The number of halogens is 3. The third kappa shape index (κ3) is 3.35. The minimum atomic E-state index is -4.67. The summed E-state index contributed by atoms with van der Waals surface area (Å²) in [6.07, 6.45) is -4.89. The van der Waals surface area contributed by atoms with Gasteiger partial charge in [0, 0.05) is 5.69 Å². The molecule has 0 aliphatic carbocycles. The van der Waals surface area contributed by atoms with E-state index in [2.05, 4.69) is 5.32 Å². The van der Waals surface area contributed by atoms with E-state index in [4.69, 9.17) is 4.74 Å². The molecule has 0 aromatic heterocycles. The molecule has 0 spiro atoms. The zero-order valence-electron chi connectivity index (χ0n) is 13.7. The first-order valence-corrected chi connectivity index (χ1v) is 7.75. The number of nitrogens with zero attached hydrogens (tertiary/aromatic N) is 1. The molecule has 2 aromatic carbocycles. The molecule has 1 fully saturated rings. The molecule has 5 nitrogen and oxygen atoms in total. The summed E-state index contributed by atoms with van der Waals surface area (Å²) in [4.78, 5) is 25.4. The average molecular weight is 364 g/mol. The van der Waals surface area contributed by atoms with E-state index in [9.17, 15) is 22.8 Å². The van der Waals surface area contributed by atoms with Crippen LogP contribution in [0.1, 0.15) is 12.0 Å². The van der Waals surface area contributed by atoms with Crippen LogP contribution in [0.4, 0.5) is 24.5 Å². The van der Waals surface area contributed by atoms with Crippen LogP contribution >= 0.6 is 0 Å². The maximum absolute atomic E-state index is 13.2. The summed E-state index contributed by atoms with van der Waals surface area (Å²) in [6, 6.07) is 10.2. The fourth-order valence-electron chi connectivity index (χ4n) is 2.79. The highest BCUT2D eigenvalue weighted by molar-refractivity contribution is 6.23. The number of hydrogen-bond acceptors (Lipinski definition) is 4. The molecule has 8 heteroatoms. The van der Waals surface area contributed by atoms with Crippen molar-refractivity contribution in [2.24, 2.45) is 0 Å². The highest BCUT2D eigenvalue weighted by Gasteiger charge is 2.44. The van der Waals surface area contributed by atoms with Crippen molar-refractivity contribution in [2.75, 3.05) is 17.3 Å². The van der Waals surface area contributed by atoms with Crippen molar-refractivity contribution in [3.05, 3.63) is 54.1 Å². The molecule has 0 bridgehead atoms. The molecule has 136 valence electrons. The fraction of sp³-hybridized carbons (Fsp3) is 0.222. The lowest BCUT2D eigenvalue weighted by atomic mass is 10.1.